The van der Waals surface area contributed by atoms with Gasteiger partial charge in [0.15, 0.2) is 5.82 Å². The SMILES string of the molecule is O=C(NC1CCCN(c2ncc[nH]c2=O)C1)c1ccc2c(c1)CCC2. The highest BCUT2D eigenvalue weighted by atomic mass is 16.1. The molecule has 1 aliphatic heterocycles. The number of H-pyrrole nitrogens is 1. The van der Waals surface area contributed by atoms with Gasteiger partial charge >= 0.3 is 0 Å². The number of aromatic nitrogens is 2. The van der Waals surface area contributed by atoms with Gasteiger partial charge in [0.05, 0.1) is 0 Å². The summed E-state index contributed by atoms with van der Waals surface area (Å²) in [7, 11) is 0. The summed E-state index contributed by atoms with van der Waals surface area (Å²) in [4.78, 5) is 33.3. The van der Waals surface area contributed by atoms with Crippen molar-refractivity contribution in [2.45, 2.75) is 38.1 Å². The van der Waals surface area contributed by atoms with Crippen LogP contribution in [-0.2, 0) is 12.8 Å². The number of anilines is 1. The Labute approximate surface area is 146 Å². The van der Waals surface area contributed by atoms with Crippen LogP contribution in [0.25, 0.3) is 0 Å². The van der Waals surface area contributed by atoms with Crippen molar-refractivity contribution in [1.82, 2.24) is 15.3 Å². The van der Waals surface area contributed by atoms with Crippen molar-refractivity contribution >= 4 is 11.7 Å². The maximum Gasteiger partial charge on any atom is 0.290 e. The van der Waals surface area contributed by atoms with E-state index in [4.69, 9.17) is 0 Å². The molecule has 1 saturated heterocycles. The molecule has 6 heteroatoms. The number of aromatic amines is 1. The lowest BCUT2D eigenvalue weighted by Crippen LogP contribution is -2.49. The van der Waals surface area contributed by atoms with Gasteiger partial charge in [-0.2, -0.15) is 0 Å². The van der Waals surface area contributed by atoms with Gasteiger partial charge < -0.3 is 15.2 Å². The molecule has 130 valence electrons. The van der Waals surface area contributed by atoms with Gasteiger partial charge in [0.25, 0.3) is 11.5 Å². The number of carbonyl (C=O) groups excluding carboxylic acids is 1. The third kappa shape index (κ3) is 3.29. The van der Waals surface area contributed by atoms with E-state index < -0.39 is 0 Å². The molecule has 2 heterocycles. The molecule has 6 nitrogen and oxygen atoms in total. The molecular formula is C19H22N4O2. The van der Waals surface area contributed by atoms with Crippen molar-refractivity contribution in [2.24, 2.45) is 0 Å². The monoisotopic (exact) mass is 338 g/mol. The first-order valence-corrected chi connectivity index (χ1v) is 8.92. The fourth-order valence-electron chi connectivity index (χ4n) is 3.84. The Bertz CT molecular complexity index is 845. The van der Waals surface area contributed by atoms with Gasteiger partial charge in [-0.1, -0.05) is 6.07 Å². The van der Waals surface area contributed by atoms with E-state index in [-0.39, 0.29) is 17.5 Å². The van der Waals surface area contributed by atoms with E-state index in [1.165, 1.54) is 23.7 Å². The molecule has 1 fully saturated rings. The number of rotatable bonds is 3. The summed E-state index contributed by atoms with van der Waals surface area (Å²) in [5.74, 6) is 0.399. The van der Waals surface area contributed by atoms with Crippen molar-refractivity contribution in [3.63, 3.8) is 0 Å². The number of aryl methyl sites for hydroxylation is 2. The molecule has 1 aromatic heterocycles. The molecule has 1 amide bonds. The largest absolute Gasteiger partial charge is 0.350 e. The zero-order valence-corrected chi connectivity index (χ0v) is 14.1. The second kappa shape index (κ2) is 6.70. The fourth-order valence-corrected chi connectivity index (χ4v) is 3.84. The van der Waals surface area contributed by atoms with Crippen molar-refractivity contribution in [3.8, 4) is 0 Å². The quantitative estimate of drug-likeness (QED) is 0.892. The zero-order chi connectivity index (χ0) is 17.2. The molecule has 2 aliphatic rings. The average molecular weight is 338 g/mol. The zero-order valence-electron chi connectivity index (χ0n) is 14.1. The molecule has 0 bridgehead atoms. The first-order valence-electron chi connectivity index (χ1n) is 8.92. The maximum atomic E-state index is 12.6. The summed E-state index contributed by atoms with van der Waals surface area (Å²) in [5, 5.41) is 3.12. The van der Waals surface area contributed by atoms with E-state index in [0.717, 1.165) is 37.8 Å². The normalized spacial score (nSPS) is 19.5. The summed E-state index contributed by atoms with van der Waals surface area (Å²) in [6.07, 6.45) is 8.32. The Morgan fingerprint density at radius 3 is 3.00 bits per heavy atom. The van der Waals surface area contributed by atoms with Gasteiger partial charge in [-0.05, 0) is 55.4 Å². The molecule has 0 spiro atoms. The Hall–Kier alpha value is -2.63. The van der Waals surface area contributed by atoms with Crippen LogP contribution in [0.15, 0.2) is 35.4 Å². The molecule has 25 heavy (non-hydrogen) atoms. The van der Waals surface area contributed by atoms with Crippen LogP contribution in [0.3, 0.4) is 0 Å². The Morgan fingerprint density at radius 2 is 2.12 bits per heavy atom. The molecule has 2 aromatic rings. The van der Waals surface area contributed by atoms with Gasteiger partial charge in [-0.3, -0.25) is 9.59 Å². The van der Waals surface area contributed by atoms with Gasteiger partial charge in [-0.15, -0.1) is 0 Å². The lowest BCUT2D eigenvalue weighted by atomic mass is 10.0. The highest BCUT2D eigenvalue weighted by Gasteiger charge is 2.24. The molecule has 0 saturated carbocycles. The van der Waals surface area contributed by atoms with Crippen LogP contribution in [0.2, 0.25) is 0 Å². The van der Waals surface area contributed by atoms with Crippen LogP contribution < -0.4 is 15.8 Å². The van der Waals surface area contributed by atoms with E-state index in [1.807, 2.05) is 17.0 Å². The summed E-state index contributed by atoms with van der Waals surface area (Å²) in [6.45, 7) is 1.39. The van der Waals surface area contributed by atoms with Crippen molar-refractivity contribution in [3.05, 3.63) is 57.6 Å². The van der Waals surface area contributed by atoms with Crippen molar-refractivity contribution in [1.29, 1.82) is 0 Å². The van der Waals surface area contributed by atoms with E-state index in [1.54, 1.807) is 6.20 Å². The van der Waals surface area contributed by atoms with Crippen LogP contribution in [-0.4, -0.2) is 35.0 Å². The molecule has 1 aliphatic carbocycles. The van der Waals surface area contributed by atoms with E-state index in [9.17, 15) is 9.59 Å². The number of hydrogen-bond acceptors (Lipinski definition) is 4. The number of benzene rings is 1. The summed E-state index contributed by atoms with van der Waals surface area (Å²) < 4.78 is 0. The van der Waals surface area contributed by atoms with Crippen LogP contribution in [0.1, 0.15) is 40.7 Å². The van der Waals surface area contributed by atoms with E-state index in [0.29, 0.717) is 12.4 Å². The van der Waals surface area contributed by atoms with Gasteiger partial charge in [-0.25, -0.2) is 4.98 Å². The Morgan fingerprint density at radius 1 is 1.24 bits per heavy atom. The Kier molecular flexibility index (Phi) is 4.26. The standard InChI is InChI=1S/C19H22N4O2/c24-18(15-7-6-13-3-1-4-14(13)11-15)22-16-5-2-10-23(12-16)17-19(25)21-9-8-20-17/h6-9,11,16H,1-5,10,12H2,(H,21,25)(H,22,24). The van der Waals surface area contributed by atoms with Crippen molar-refractivity contribution < 1.29 is 4.79 Å². The number of hydrogen-bond donors (Lipinski definition) is 2. The number of fused-ring (bicyclic) bond motifs is 1. The topological polar surface area (TPSA) is 78.1 Å². The predicted octanol–water partition coefficient (Wildman–Crippen LogP) is 1.66. The van der Waals surface area contributed by atoms with Crippen molar-refractivity contribution in [2.75, 3.05) is 18.0 Å². The maximum absolute atomic E-state index is 12.6. The Balaban J connectivity index is 1.44. The number of nitrogens with zero attached hydrogens (tertiary/aromatic N) is 2. The number of nitrogens with one attached hydrogen (secondary N) is 2. The van der Waals surface area contributed by atoms with Crippen LogP contribution in [0, 0.1) is 0 Å². The van der Waals surface area contributed by atoms with Gasteiger partial charge in [0.2, 0.25) is 0 Å². The second-order valence-corrected chi connectivity index (χ2v) is 6.84. The third-order valence-corrected chi connectivity index (χ3v) is 5.11. The molecular weight excluding hydrogens is 316 g/mol. The summed E-state index contributed by atoms with van der Waals surface area (Å²) >= 11 is 0. The number of piperidine rings is 1. The van der Waals surface area contributed by atoms with Gasteiger partial charge in [0, 0.05) is 37.1 Å². The molecule has 1 unspecified atom stereocenters. The highest BCUT2D eigenvalue weighted by Crippen LogP contribution is 2.23. The lowest BCUT2D eigenvalue weighted by molar-refractivity contribution is 0.0933. The first-order chi connectivity index (χ1) is 12.2. The third-order valence-electron chi connectivity index (χ3n) is 5.11. The minimum Gasteiger partial charge on any atom is -0.350 e. The molecule has 0 radical (unpaired) electrons. The smallest absolute Gasteiger partial charge is 0.290 e. The molecule has 1 atom stereocenters. The molecule has 4 rings (SSSR count). The minimum atomic E-state index is -0.187. The number of carbonyl (C=O) groups is 1. The highest BCUT2D eigenvalue weighted by molar-refractivity contribution is 5.94. The van der Waals surface area contributed by atoms with Crippen LogP contribution in [0.4, 0.5) is 5.82 Å². The molecule has 1 aromatic carbocycles. The average Bonchev–Trinajstić information content (AvgIpc) is 3.10. The fraction of sp³-hybridized carbons (Fsp3) is 0.421. The first kappa shape index (κ1) is 15.9. The van der Waals surface area contributed by atoms with Gasteiger partial charge in [0.1, 0.15) is 0 Å². The van der Waals surface area contributed by atoms with E-state index >= 15 is 0 Å². The summed E-state index contributed by atoms with van der Waals surface area (Å²) in [5.41, 5.74) is 3.22. The van der Waals surface area contributed by atoms with Crippen LogP contribution >= 0.6 is 0 Å². The second-order valence-electron chi connectivity index (χ2n) is 6.84. The van der Waals surface area contributed by atoms with E-state index in [2.05, 4.69) is 21.4 Å². The number of amides is 1. The predicted molar refractivity (Wildman–Crippen MR) is 96.0 cm³/mol. The minimum absolute atomic E-state index is 0.0240. The van der Waals surface area contributed by atoms with Crippen LogP contribution in [0.5, 0.6) is 0 Å². The lowest BCUT2D eigenvalue weighted by Gasteiger charge is -2.33. The molecule has 2 N–H and O–H groups in total. The summed E-state index contributed by atoms with van der Waals surface area (Å²) in [6, 6.07) is 6.05.